The minimum atomic E-state index is -0.00886. The second-order valence-electron chi connectivity index (χ2n) is 4.82. The van der Waals surface area contributed by atoms with E-state index in [1.807, 2.05) is 6.92 Å². The Morgan fingerprint density at radius 1 is 1.50 bits per heavy atom. The molecule has 0 radical (unpaired) electrons. The smallest absolute Gasteiger partial charge is 0.308 e. The molecule has 14 heavy (non-hydrogen) atoms. The molecule has 0 saturated carbocycles. The van der Waals surface area contributed by atoms with E-state index in [1.54, 1.807) is 0 Å². The van der Waals surface area contributed by atoms with Crippen molar-refractivity contribution in [1.29, 1.82) is 0 Å². The van der Waals surface area contributed by atoms with Crippen LogP contribution in [0.2, 0.25) is 0 Å². The van der Waals surface area contributed by atoms with Crippen molar-refractivity contribution in [2.75, 3.05) is 6.61 Å². The van der Waals surface area contributed by atoms with Gasteiger partial charge in [-0.3, -0.25) is 4.79 Å². The molecule has 0 aliphatic carbocycles. The Kier molecular flexibility index (Phi) is 3.57. The third kappa shape index (κ3) is 1.94. The number of carbonyl (C=O) groups is 1. The lowest BCUT2D eigenvalue weighted by atomic mass is 9.66. The SMILES string of the molecule is CCCC1(C)COC(=O)C(C)C1CC. The molecule has 0 spiro atoms. The Balaban J connectivity index is 2.80. The highest BCUT2D eigenvalue weighted by atomic mass is 16.5. The Morgan fingerprint density at radius 2 is 2.14 bits per heavy atom. The molecule has 3 unspecified atom stereocenters. The summed E-state index contributed by atoms with van der Waals surface area (Å²) in [6.45, 7) is 9.24. The van der Waals surface area contributed by atoms with E-state index in [4.69, 9.17) is 4.74 Å². The fourth-order valence-corrected chi connectivity index (χ4v) is 2.92. The zero-order valence-electron chi connectivity index (χ0n) is 9.80. The van der Waals surface area contributed by atoms with Crippen molar-refractivity contribution < 1.29 is 9.53 Å². The molecule has 1 fully saturated rings. The first-order valence-electron chi connectivity index (χ1n) is 5.71. The van der Waals surface area contributed by atoms with E-state index in [0.29, 0.717) is 12.5 Å². The fraction of sp³-hybridized carbons (Fsp3) is 0.917. The molecular formula is C12H22O2. The first-order valence-corrected chi connectivity index (χ1v) is 5.71. The number of esters is 1. The van der Waals surface area contributed by atoms with E-state index in [2.05, 4.69) is 20.8 Å². The van der Waals surface area contributed by atoms with Gasteiger partial charge in [-0.1, -0.05) is 40.5 Å². The van der Waals surface area contributed by atoms with E-state index < -0.39 is 0 Å². The molecule has 1 rings (SSSR count). The highest BCUT2D eigenvalue weighted by Gasteiger charge is 2.43. The average molecular weight is 198 g/mol. The molecule has 82 valence electrons. The molecule has 1 aliphatic rings. The molecular weight excluding hydrogens is 176 g/mol. The van der Waals surface area contributed by atoms with Crippen LogP contribution in [0.25, 0.3) is 0 Å². The lowest BCUT2D eigenvalue weighted by molar-refractivity contribution is -0.169. The van der Waals surface area contributed by atoms with Crippen LogP contribution < -0.4 is 0 Å². The largest absolute Gasteiger partial charge is 0.465 e. The summed E-state index contributed by atoms with van der Waals surface area (Å²) in [7, 11) is 0. The molecule has 0 amide bonds. The monoisotopic (exact) mass is 198 g/mol. The van der Waals surface area contributed by atoms with Crippen molar-refractivity contribution in [2.45, 2.75) is 47.0 Å². The third-order valence-electron chi connectivity index (χ3n) is 3.68. The molecule has 0 bridgehead atoms. The van der Waals surface area contributed by atoms with Gasteiger partial charge in [-0.05, 0) is 12.3 Å². The summed E-state index contributed by atoms with van der Waals surface area (Å²) in [4.78, 5) is 11.4. The quantitative estimate of drug-likeness (QED) is 0.652. The van der Waals surface area contributed by atoms with Gasteiger partial charge in [-0.25, -0.2) is 0 Å². The van der Waals surface area contributed by atoms with Gasteiger partial charge in [-0.15, -0.1) is 0 Å². The van der Waals surface area contributed by atoms with E-state index in [-0.39, 0.29) is 17.3 Å². The van der Waals surface area contributed by atoms with Crippen LogP contribution in [0.1, 0.15) is 47.0 Å². The summed E-state index contributed by atoms with van der Waals surface area (Å²) in [5.74, 6) is 0.555. The van der Waals surface area contributed by atoms with Crippen LogP contribution in [0.15, 0.2) is 0 Å². The normalized spacial score (nSPS) is 38.1. The number of carbonyl (C=O) groups excluding carboxylic acids is 1. The average Bonchev–Trinajstić information content (AvgIpc) is 2.14. The third-order valence-corrected chi connectivity index (χ3v) is 3.68. The Bertz CT molecular complexity index is 212. The zero-order valence-corrected chi connectivity index (χ0v) is 9.80. The Hall–Kier alpha value is -0.530. The second-order valence-corrected chi connectivity index (χ2v) is 4.82. The van der Waals surface area contributed by atoms with Crippen molar-refractivity contribution in [1.82, 2.24) is 0 Å². The highest BCUT2D eigenvalue weighted by molar-refractivity contribution is 5.73. The topological polar surface area (TPSA) is 26.3 Å². The van der Waals surface area contributed by atoms with Crippen LogP contribution in [0.4, 0.5) is 0 Å². The molecule has 0 aromatic heterocycles. The van der Waals surface area contributed by atoms with Gasteiger partial charge in [0.15, 0.2) is 0 Å². The first-order chi connectivity index (χ1) is 6.55. The van der Waals surface area contributed by atoms with Gasteiger partial charge in [0, 0.05) is 5.41 Å². The maximum absolute atomic E-state index is 11.4. The van der Waals surface area contributed by atoms with Crippen LogP contribution in [0, 0.1) is 17.3 Å². The van der Waals surface area contributed by atoms with E-state index >= 15 is 0 Å². The van der Waals surface area contributed by atoms with Crippen molar-refractivity contribution in [3.8, 4) is 0 Å². The number of rotatable bonds is 3. The van der Waals surface area contributed by atoms with Gasteiger partial charge >= 0.3 is 5.97 Å². The van der Waals surface area contributed by atoms with Gasteiger partial charge in [0.1, 0.15) is 0 Å². The number of ether oxygens (including phenoxy) is 1. The number of hydrogen-bond acceptors (Lipinski definition) is 2. The maximum Gasteiger partial charge on any atom is 0.308 e. The Morgan fingerprint density at radius 3 is 2.64 bits per heavy atom. The minimum absolute atomic E-state index is 0.00886. The summed E-state index contributed by atoms with van der Waals surface area (Å²) >= 11 is 0. The summed E-state index contributed by atoms with van der Waals surface area (Å²) in [6, 6.07) is 0. The van der Waals surface area contributed by atoms with Crippen LogP contribution in [-0.4, -0.2) is 12.6 Å². The van der Waals surface area contributed by atoms with E-state index in [0.717, 1.165) is 19.3 Å². The molecule has 1 aliphatic heterocycles. The molecule has 2 nitrogen and oxygen atoms in total. The van der Waals surface area contributed by atoms with E-state index in [9.17, 15) is 4.79 Å². The van der Waals surface area contributed by atoms with Gasteiger partial charge in [0.05, 0.1) is 12.5 Å². The van der Waals surface area contributed by atoms with Crippen LogP contribution in [0.3, 0.4) is 0 Å². The second kappa shape index (κ2) is 4.33. The summed E-state index contributed by atoms with van der Waals surface area (Å²) in [5, 5.41) is 0. The molecule has 1 heterocycles. The van der Waals surface area contributed by atoms with Crippen LogP contribution >= 0.6 is 0 Å². The predicted octanol–water partition coefficient (Wildman–Crippen LogP) is 3.01. The molecule has 0 aromatic carbocycles. The highest BCUT2D eigenvalue weighted by Crippen LogP contribution is 2.43. The molecule has 2 heteroatoms. The van der Waals surface area contributed by atoms with Gasteiger partial charge < -0.3 is 4.74 Å². The predicted molar refractivity (Wildman–Crippen MR) is 56.9 cm³/mol. The summed E-state index contributed by atoms with van der Waals surface area (Å²) < 4.78 is 5.25. The van der Waals surface area contributed by atoms with E-state index in [1.165, 1.54) is 0 Å². The molecule has 0 aromatic rings. The van der Waals surface area contributed by atoms with Crippen molar-refractivity contribution in [2.24, 2.45) is 17.3 Å². The van der Waals surface area contributed by atoms with Crippen molar-refractivity contribution in [3.63, 3.8) is 0 Å². The van der Waals surface area contributed by atoms with Crippen molar-refractivity contribution >= 4 is 5.97 Å². The van der Waals surface area contributed by atoms with Gasteiger partial charge in [0.25, 0.3) is 0 Å². The standard InChI is InChI=1S/C12H22O2/c1-5-7-12(4)8-14-11(13)9(3)10(12)6-2/h9-10H,5-8H2,1-4H3. The zero-order chi connectivity index (χ0) is 10.8. The Labute approximate surface area is 87.0 Å². The molecule has 0 N–H and O–H groups in total. The molecule has 1 saturated heterocycles. The number of hydrogen-bond donors (Lipinski definition) is 0. The lowest BCUT2D eigenvalue weighted by Crippen LogP contribution is -2.45. The minimum Gasteiger partial charge on any atom is -0.465 e. The van der Waals surface area contributed by atoms with Gasteiger partial charge in [0.2, 0.25) is 0 Å². The first kappa shape index (κ1) is 11.5. The van der Waals surface area contributed by atoms with Crippen LogP contribution in [0.5, 0.6) is 0 Å². The lowest BCUT2D eigenvalue weighted by Gasteiger charge is -2.43. The summed E-state index contributed by atoms with van der Waals surface area (Å²) in [6.07, 6.45) is 3.40. The summed E-state index contributed by atoms with van der Waals surface area (Å²) in [5.41, 5.74) is 0.205. The van der Waals surface area contributed by atoms with Gasteiger partial charge in [-0.2, -0.15) is 0 Å². The molecule has 3 atom stereocenters. The maximum atomic E-state index is 11.4. The fourth-order valence-electron chi connectivity index (χ4n) is 2.92. The number of cyclic esters (lactones) is 1. The van der Waals surface area contributed by atoms with Crippen LogP contribution in [-0.2, 0) is 9.53 Å². The van der Waals surface area contributed by atoms with Crippen molar-refractivity contribution in [3.05, 3.63) is 0 Å².